The van der Waals surface area contributed by atoms with Crippen LogP contribution < -0.4 is 14.8 Å². The van der Waals surface area contributed by atoms with Crippen LogP contribution in [0.4, 0.5) is 0 Å². The molecule has 4 rings (SSSR count). The second-order valence-electron chi connectivity index (χ2n) is 9.70. The van der Waals surface area contributed by atoms with Crippen LogP contribution in [-0.2, 0) is 14.3 Å². The number of aromatic hydroxyl groups is 1. The van der Waals surface area contributed by atoms with Crippen molar-refractivity contribution in [1.82, 2.24) is 5.32 Å². The minimum atomic E-state index is -0.664. The summed E-state index contributed by atoms with van der Waals surface area (Å²) in [5.41, 5.74) is 4.11. The molecule has 38 heavy (non-hydrogen) atoms. The summed E-state index contributed by atoms with van der Waals surface area (Å²) >= 11 is 3.42. The summed E-state index contributed by atoms with van der Waals surface area (Å²) < 4.78 is 17.1. The number of phenolic OH excluding ortho intramolecular Hbond substituents is 1. The lowest BCUT2D eigenvalue weighted by atomic mass is 9.71. The smallest absolute Gasteiger partial charge is 0.337 e. The molecule has 202 valence electrons. The second kappa shape index (κ2) is 11.6. The van der Waals surface area contributed by atoms with Crippen molar-refractivity contribution >= 4 is 27.7 Å². The lowest BCUT2D eigenvalue weighted by molar-refractivity contribution is -0.144. The highest BCUT2D eigenvalue weighted by Crippen LogP contribution is 2.48. The molecule has 0 radical (unpaired) electrons. The summed E-state index contributed by atoms with van der Waals surface area (Å²) in [7, 11) is 1.62. The number of methoxy groups -OCH3 is 1. The normalized spacial score (nSPS) is 20.0. The molecule has 0 amide bonds. The molecule has 3 atom stereocenters. The first-order valence-corrected chi connectivity index (χ1v) is 13.7. The number of carbonyl (C=O) groups excluding carboxylic acids is 2. The van der Waals surface area contributed by atoms with Crippen LogP contribution in [0.15, 0.2) is 63.4 Å². The first-order chi connectivity index (χ1) is 18.2. The van der Waals surface area contributed by atoms with Crippen molar-refractivity contribution in [2.75, 3.05) is 13.7 Å². The van der Waals surface area contributed by atoms with E-state index in [1.54, 1.807) is 19.2 Å². The molecule has 7 nitrogen and oxygen atoms in total. The lowest BCUT2D eigenvalue weighted by Gasteiger charge is -2.37. The van der Waals surface area contributed by atoms with Gasteiger partial charge in [-0.05, 0) is 90.9 Å². The summed E-state index contributed by atoms with van der Waals surface area (Å²) in [5.74, 6) is -0.156. The predicted molar refractivity (Wildman–Crippen MR) is 148 cm³/mol. The molecular weight excluding hydrogens is 550 g/mol. The maximum absolute atomic E-state index is 13.8. The standard InChI is InChI=1S/C30H34BrNO6/c1-6-16(3)38-30(35)26-17(4)32-23-13-19(18-8-10-21(36-5)11-9-18)14-24(33)28(23)27(26)20-12-22(31)29(34)25(15-20)37-7-2/h8-12,15-16,19,27,32,34H,6-7,13-14H2,1-5H3/t16-,19+,27+/m1/s1. The number of allylic oxidation sites excluding steroid dienone is 3. The van der Waals surface area contributed by atoms with Gasteiger partial charge in [-0.3, -0.25) is 4.79 Å². The van der Waals surface area contributed by atoms with Gasteiger partial charge in [0.25, 0.3) is 0 Å². The number of Topliss-reactive ketones (excluding diaryl/α,β-unsaturated/α-hetero) is 1. The van der Waals surface area contributed by atoms with Crippen LogP contribution in [0, 0.1) is 0 Å². The number of ether oxygens (including phenoxy) is 3. The molecule has 0 fully saturated rings. The first-order valence-electron chi connectivity index (χ1n) is 12.9. The second-order valence-corrected chi connectivity index (χ2v) is 10.6. The quantitative estimate of drug-likeness (QED) is 0.354. The average Bonchev–Trinajstić information content (AvgIpc) is 2.90. The van der Waals surface area contributed by atoms with Crippen molar-refractivity contribution in [3.63, 3.8) is 0 Å². The Morgan fingerprint density at radius 2 is 1.87 bits per heavy atom. The number of nitrogens with one attached hydrogen (secondary N) is 1. The molecule has 0 saturated heterocycles. The highest BCUT2D eigenvalue weighted by Gasteiger charge is 2.42. The van der Waals surface area contributed by atoms with E-state index in [0.717, 1.165) is 17.0 Å². The van der Waals surface area contributed by atoms with Crippen molar-refractivity contribution < 1.29 is 28.9 Å². The Labute approximate surface area is 232 Å². The zero-order valence-corrected chi connectivity index (χ0v) is 24.0. The molecular formula is C30H34BrNO6. The number of rotatable bonds is 8. The molecule has 0 unspecified atom stereocenters. The van der Waals surface area contributed by atoms with Crippen LogP contribution in [0.3, 0.4) is 0 Å². The van der Waals surface area contributed by atoms with E-state index in [0.29, 0.717) is 52.7 Å². The number of benzene rings is 2. The Hall–Kier alpha value is -3.26. The zero-order valence-electron chi connectivity index (χ0n) is 22.4. The van der Waals surface area contributed by atoms with Gasteiger partial charge in [0.2, 0.25) is 0 Å². The molecule has 0 spiro atoms. The third kappa shape index (κ3) is 5.46. The van der Waals surface area contributed by atoms with Gasteiger partial charge in [-0.1, -0.05) is 19.1 Å². The van der Waals surface area contributed by atoms with Crippen molar-refractivity contribution in [1.29, 1.82) is 0 Å². The van der Waals surface area contributed by atoms with Gasteiger partial charge in [0, 0.05) is 29.3 Å². The highest BCUT2D eigenvalue weighted by atomic mass is 79.9. The number of esters is 1. The van der Waals surface area contributed by atoms with E-state index in [2.05, 4.69) is 21.2 Å². The number of dihydropyridines is 1. The fraction of sp³-hybridized carbons (Fsp3) is 0.400. The minimum Gasteiger partial charge on any atom is -0.503 e. The van der Waals surface area contributed by atoms with Gasteiger partial charge in [-0.25, -0.2) is 4.79 Å². The fourth-order valence-corrected chi connectivity index (χ4v) is 5.57. The van der Waals surface area contributed by atoms with E-state index in [9.17, 15) is 14.7 Å². The van der Waals surface area contributed by atoms with Gasteiger partial charge in [-0.2, -0.15) is 0 Å². The zero-order chi connectivity index (χ0) is 27.6. The van der Waals surface area contributed by atoms with Gasteiger partial charge < -0.3 is 24.6 Å². The predicted octanol–water partition coefficient (Wildman–Crippen LogP) is 6.27. The summed E-state index contributed by atoms with van der Waals surface area (Å²) in [6.45, 7) is 7.81. The number of phenols is 1. The van der Waals surface area contributed by atoms with E-state index in [-0.39, 0.29) is 29.3 Å². The molecule has 2 aromatic rings. The average molecular weight is 585 g/mol. The van der Waals surface area contributed by atoms with E-state index in [4.69, 9.17) is 14.2 Å². The van der Waals surface area contributed by atoms with Gasteiger partial charge in [-0.15, -0.1) is 0 Å². The Bertz CT molecular complexity index is 1300. The van der Waals surface area contributed by atoms with Crippen LogP contribution in [0.25, 0.3) is 0 Å². The maximum Gasteiger partial charge on any atom is 0.337 e. The summed E-state index contributed by atoms with van der Waals surface area (Å²) in [4.78, 5) is 27.3. The third-order valence-corrected chi connectivity index (χ3v) is 7.81. The van der Waals surface area contributed by atoms with E-state index in [1.807, 2.05) is 52.0 Å². The highest BCUT2D eigenvalue weighted by molar-refractivity contribution is 9.10. The van der Waals surface area contributed by atoms with Crippen molar-refractivity contribution in [3.8, 4) is 17.2 Å². The SMILES string of the molecule is CCOc1cc([C@H]2C(C(=O)O[C@H](C)CC)=C(C)NC3=C2C(=O)C[C@@H](c2ccc(OC)cc2)C3)cc(Br)c1O. The topological polar surface area (TPSA) is 94.1 Å². The van der Waals surface area contributed by atoms with Crippen molar-refractivity contribution in [2.24, 2.45) is 0 Å². The number of hydrogen-bond donors (Lipinski definition) is 2. The summed E-state index contributed by atoms with van der Waals surface area (Å²) in [5, 5.41) is 13.9. The number of halogens is 1. The maximum atomic E-state index is 13.8. The lowest BCUT2D eigenvalue weighted by Crippen LogP contribution is -2.36. The molecule has 0 bridgehead atoms. The molecule has 0 saturated carbocycles. The molecule has 2 aromatic carbocycles. The molecule has 1 aliphatic carbocycles. The van der Waals surface area contributed by atoms with Gasteiger partial charge in [0.05, 0.1) is 29.9 Å². The fourth-order valence-electron chi connectivity index (χ4n) is 5.11. The summed E-state index contributed by atoms with van der Waals surface area (Å²) in [6.07, 6.45) is 1.33. The van der Waals surface area contributed by atoms with Crippen molar-refractivity contribution in [2.45, 2.75) is 64.9 Å². The van der Waals surface area contributed by atoms with E-state index >= 15 is 0 Å². The van der Waals surface area contributed by atoms with Gasteiger partial charge >= 0.3 is 5.97 Å². The number of hydrogen-bond acceptors (Lipinski definition) is 7. The van der Waals surface area contributed by atoms with E-state index in [1.165, 1.54) is 0 Å². The van der Waals surface area contributed by atoms with Crippen LogP contribution in [0.5, 0.6) is 17.2 Å². The van der Waals surface area contributed by atoms with E-state index < -0.39 is 11.9 Å². The van der Waals surface area contributed by atoms with Crippen LogP contribution in [0.2, 0.25) is 0 Å². The Kier molecular flexibility index (Phi) is 8.51. The molecule has 2 aliphatic rings. The molecule has 1 heterocycles. The number of carbonyl (C=O) groups is 2. The Balaban J connectivity index is 1.82. The van der Waals surface area contributed by atoms with Crippen LogP contribution in [-0.4, -0.2) is 36.7 Å². The minimum absolute atomic E-state index is 0.00717. The van der Waals surface area contributed by atoms with Crippen LogP contribution in [0.1, 0.15) is 69.9 Å². The Morgan fingerprint density at radius 3 is 2.50 bits per heavy atom. The molecule has 2 N–H and O–H groups in total. The number of ketones is 1. The van der Waals surface area contributed by atoms with Crippen molar-refractivity contribution in [3.05, 3.63) is 74.5 Å². The third-order valence-electron chi connectivity index (χ3n) is 7.20. The molecule has 8 heteroatoms. The molecule has 0 aromatic heterocycles. The Morgan fingerprint density at radius 1 is 1.16 bits per heavy atom. The molecule has 1 aliphatic heterocycles. The first kappa shape index (κ1) is 27.8. The summed E-state index contributed by atoms with van der Waals surface area (Å²) in [6, 6.07) is 11.2. The van der Waals surface area contributed by atoms with Gasteiger partial charge in [0.1, 0.15) is 5.75 Å². The van der Waals surface area contributed by atoms with Gasteiger partial charge in [0.15, 0.2) is 17.3 Å². The van der Waals surface area contributed by atoms with Crippen LogP contribution >= 0.6 is 15.9 Å². The largest absolute Gasteiger partial charge is 0.503 e. The monoisotopic (exact) mass is 583 g/mol.